The third kappa shape index (κ3) is 2.63. The van der Waals surface area contributed by atoms with Crippen LogP contribution in [0, 0.1) is 23.0 Å². The lowest BCUT2D eigenvalue weighted by atomic mass is 10.0. The quantitative estimate of drug-likeness (QED) is 0.926. The largest absolute Gasteiger partial charge is 0.391 e. The molecular weight excluding hydrogens is 288 g/mol. The Morgan fingerprint density at radius 1 is 1.27 bits per heavy atom. The van der Waals surface area contributed by atoms with Crippen LogP contribution < -0.4 is 4.90 Å². The van der Waals surface area contributed by atoms with E-state index in [1.165, 1.54) is 6.20 Å². The summed E-state index contributed by atoms with van der Waals surface area (Å²) in [6.07, 6.45) is 1.13. The standard InChI is InChI=1S/C16H13F2N3O/c17-10-1-2-15(18)14(5-10)16-7-13(22)9-21(16)12-3-4-20-11(6-12)8-19/h1-6,13,16,22H,7,9H2/t13-,16+/m0/s1. The maximum absolute atomic E-state index is 14.0. The number of nitrogens with zero attached hydrogens (tertiary/aromatic N) is 3. The third-order valence-electron chi connectivity index (χ3n) is 3.79. The van der Waals surface area contributed by atoms with Gasteiger partial charge in [0.2, 0.25) is 0 Å². The van der Waals surface area contributed by atoms with Gasteiger partial charge in [0.15, 0.2) is 0 Å². The second-order valence-corrected chi connectivity index (χ2v) is 5.23. The Morgan fingerprint density at radius 2 is 2.09 bits per heavy atom. The molecule has 0 unspecified atom stereocenters. The van der Waals surface area contributed by atoms with Gasteiger partial charge in [-0.3, -0.25) is 0 Å². The van der Waals surface area contributed by atoms with Gasteiger partial charge in [0.25, 0.3) is 0 Å². The van der Waals surface area contributed by atoms with E-state index in [4.69, 9.17) is 5.26 Å². The van der Waals surface area contributed by atoms with Crippen molar-refractivity contribution >= 4 is 5.69 Å². The van der Waals surface area contributed by atoms with Crippen molar-refractivity contribution < 1.29 is 13.9 Å². The summed E-state index contributed by atoms with van der Waals surface area (Å²) >= 11 is 0. The van der Waals surface area contributed by atoms with Gasteiger partial charge in [0.1, 0.15) is 23.4 Å². The number of aromatic nitrogens is 1. The van der Waals surface area contributed by atoms with Crippen molar-refractivity contribution in [3.63, 3.8) is 0 Å². The van der Waals surface area contributed by atoms with E-state index < -0.39 is 23.8 Å². The molecule has 3 rings (SSSR count). The van der Waals surface area contributed by atoms with Crippen molar-refractivity contribution in [3.8, 4) is 6.07 Å². The summed E-state index contributed by atoms with van der Waals surface area (Å²) in [4.78, 5) is 5.66. The van der Waals surface area contributed by atoms with Crippen molar-refractivity contribution in [2.75, 3.05) is 11.4 Å². The van der Waals surface area contributed by atoms with Gasteiger partial charge in [-0.15, -0.1) is 0 Å². The van der Waals surface area contributed by atoms with Crippen molar-refractivity contribution in [2.45, 2.75) is 18.6 Å². The molecule has 0 aliphatic carbocycles. The van der Waals surface area contributed by atoms with Crippen LogP contribution >= 0.6 is 0 Å². The first-order valence-electron chi connectivity index (χ1n) is 6.84. The smallest absolute Gasteiger partial charge is 0.142 e. The van der Waals surface area contributed by atoms with Crippen molar-refractivity contribution in [1.29, 1.82) is 5.26 Å². The van der Waals surface area contributed by atoms with Crippen LogP contribution in [-0.2, 0) is 0 Å². The zero-order valence-corrected chi connectivity index (χ0v) is 11.6. The maximum atomic E-state index is 14.0. The topological polar surface area (TPSA) is 60.2 Å². The Balaban J connectivity index is 2.02. The first-order chi connectivity index (χ1) is 10.6. The Kier molecular flexibility index (Phi) is 3.73. The molecule has 0 bridgehead atoms. The minimum Gasteiger partial charge on any atom is -0.391 e. The van der Waals surface area contributed by atoms with Gasteiger partial charge >= 0.3 is 0 Å². The predicted molar refractivity (Wildman–Crippen MR) is 76.0 cm³/mol. The molecule has 2 aromatic rings. The Bertz CT molecular complexity index is 744. The van der Waals surface area contributed by atoms with E-state index in [0.29, 0.717) is 12.1 Å². The lowest BCUT2D eigenvalue weighted by Gasteiger charge is -2.27. The van der Waals surface area contributed by atoms with E-state index in [0.717, 1.165) is 18.2 Å². The number of hydrogen-bond donors (Lipinski definition) is 1. The van der Waals surface area contributed by atoms with Crippen LogP contribution in [0.15, 0.2) is 36.5 Å². The lowest BCUT2D eigenvalue weighted by Crippen LogP contribution is -2.25. The summed E-state index contributed by atoms with van der Waals surface area (Å²) in [5.41, 5.74) is 1.08. The highest BCUT2D eigenvalue weighted by Gasteiger charge is 2.34. The number of aliphatic hydroxyl groups is 1. The Morgan fingerprint density at radius 3 is 2.86 bits per heavy atom. The summed E-state index contributed by atoms with van der Waals surface area (Å²) in [6, 6.07) is 8.01. The summed E-state index contributed by atoms with van der Waals surface area (Å²) in [6.45, 7) is 0.287. The number of anilines is 1. The van der Waals surface area contributed by atoms with Crippen LogP contribution in [0.2, 0.25) is 0 Å². The van der Waals surface area contributed by atoms with Crippen LogP contribution in [-0.4, -0.2) is 22.7 Å². The zero-order chi connectivity index (χ0) is 15.7. The third-order valence-corrected chi connectivity index (χ3v) is 3.79. The fourth-order valence-electron chi connectivity index (χ4n) is 2.82. The molecule has 4 nitrogen and oxygen atoms in total. The number of β-amino-alcohol motifs (C(OH)–C–C–N with tert-alkyl or cyclic N) is 1. The molecule has 112 valence electrons. The van der Waals surface area contributed by atoms with Crippen LogP contribution in [0.4, 0.5) is 14.5 Å². The highest BCUT2D eigenvalue weighted by atomic mass is 19.1. The van der Waals surface area contributed by atoms with Gasteiger partial charge in [-0.25, -0.2) is 13.8 Å². The average molecular weight is 301 g/mol. The molecular formula is C16H13F2N3O. The molecule has 0 saturated carbocycles. The van der Waals surface area contributed by atoms with E-state index in [1.807, 2.05) is 6.07 Å². The van der Waals surface area contributed by atoms with Crippen molar-refractivity contribution in [3.05, 3.63) is 59.4 Å². The molecule has 6 heteroatoms. The van der Waals surface area contributed by atoms with Crippen molar-refractivity contribution in [2.24, 2.45) is 0 Å². The number of halogens is 2. The normalized spacial score (nSPS) is 20.9. The SMILES string of the molecule is N#Cc1cc(N2C[C@@H](O)C[C@@H]2c2cc(F)ccc2F)ccn1. The first-order valence-corrected chi connectivity index (χ1v) is 6.84. The molecule has 2 heterocycles. The number of pyridine rings is 1. The van der Waals surface area contributed by atoms with Gasteiger partial charge in [-0.05, 0) is 36.8 Å². The molecule has 1 aliphatic rings. The lowest BCUT2D eigenvalue weighted by molar-refractivity contribution is 0.194. The van der Waals surface area contributed by atoms with E-state index in [2.05, 4.69) is 4.98 Å². The van der Waals surface area contributed by atoms with Crippen LogP contribution in [0.25, 0.3) is 0 Å². The highest BCUT2D eigenvalue weighted by Crippen LogP contribution is 2.37. The molecule has 1 saturated heterocycles. The molecule has 0 spiro atoms. The van der Waals surface area contributed by atoms with Gasteiger partial charge < -0.3 is 10.0 Å². The minimum atomic E-state index is -0.647. The summed E-state index contributed by atoms with van der Waals surface area (Å²) < 4.78 is 27.5. The van der Waals surface area contributed by atoms with Crippen LogP contribution in [0.5, 0.6) is 0 Å². The second-order valence-electron chi connectivity index (χ2n) is 5.23. The van der Waals surface area contributed by atoms with Crippen molar-refractivity contribution in [1.82, 2.24) is 4.98 Å². The predicted octanol–water partition coefficient (Wildman–Crippen LogP) is 2.54. The number of benzene rings is 1. The molecule has 1 aromatic heterocycles. The van der Waals surface area contributed by atoms with E-state index >= 15 is 0 Å². The average Bonchev–Trinajstić information content (AvgIpc) is 2.91. The highest BCUT2D eigenvalue weighted by molar-refractivity contribution is 5.52. The number of aliphatic hydroxyl groups excluding tert-OH is 1. The molecule has 0 amide bonds. The second kappa shape index (κ2) is 5.70. The zero-order valence-electron chi connectivity index (χ0n) is 11.6. The van der Waals surface area contributed by atoms with Gasteiger partial charge in [-0.2, -0.15) is 5.26 Å². The summed E-state index contributed by atoms with van der Waals surface area (Å²) in [7, 11) is 0. The van der Waals surface area contributed by atoms with Crippen LogP contribution in [0.3, 0.4) is 0 Å². The fraction of sp³-hybridized carbons (Fsp3) is 0.250. The summed E-state index contributed by atoms with van der Waals surface area (Å²) in [5, 5.41) is 18.9. The maximum Gasteiger partial charge on any atom is 0.142 e. The minimum absolute atomic E-state index is 0.201. The molecule has 0 radical (unpaired) electrons. The summed E-state index contributed by atoms with van der Waals surface area (Å²) in [5.74, 6) is -1.04. The number of rotatable bonds is 2. The van der Waals surface area contributed by atoms with Gasteiger partial charge in [-0.1, -0.05) is 0 Å². The monoisotopic (exact) mass is 301 g/mol. The van der Waals surface area contributed by atoms with E-state index in [1.54, 1.807) is 17.0 Å². The van der Waals surface area contributed by atoms with Crippen LogP contribution in [0.1, 0.15) is 23.7 Å². The van der Waals surface area contributed by atoms with Gasteiger partial charge in [0, 0.05) is 24.0 Å². The molecule has 1 N–H and O–H groups in total. The Hall–Kier alpha value is -2.52. The number of nitriles is 1. The first kappa shape index (κ1) is 14.4. The molecule has 1 fully saturated rings. The van der Waals surface area contributed by atoms with E-state index in [-0.39, 0.29) is 17.8 Å². The molecule has 1 aromatic carbocycles. The van der Waals surface area contributed by atoms with Gasteiger partial charge in [0.05, 0.1) is 12.1 Å². The molecule has 2 atom stereocenters. The molecule has 22 heavy (non-hydrogen) atoms. The Labute approximate surface area is 126 Å². The number of hydrogen-bond acceptors (Lipinski definition) is 4. The van der Waals surface area contributed by atoms with E-state index in [9.17, 15) is 13.9 Å². The fourth-order valence-corrected chi connectivity index (χ4v) is 2.82. The molecule has 1 aliphatic heterocycles.